The zero-order valence-electron chi connectivity index (χ0n) is 13.2. The predicted octanol–water partition coefficient (Wildman–Crippen LogP) is 3.82. The van der Waals surface area contributed by atoms with Crippen molar-refractivity contribution in [3.63, 3.8) is 0 Å². The summed E-state index contributed by atoms with van der Waals surface area (Å²) in [5, 5.41) is 3.92. The van der Waals surface area contributed by atoms with Gasteiger partial charge in [-0.15, -0.1) is 11.8 Å². The molecule has 0 aliphatic carbocycles. The average Bonchev–Trinajstić information content (AvgIpc) is 3.10. The molecule has 1 heterocycles. The zero-order valence-corrected chi connectivity index (χ0v) is 15.6. The van der Waals surface area contributed by atoms with Crippen molar-refractivity contribution in [2.24, 2.45) is 0 Å². The predicted molar refractivity (Wildman–Crippen MR) is 102 cm³/mol. The summed E-state index contributed by atoms with van der Waals surface area (Å²) in [7, 11) is 0. The quantitative estimate of drug-likeness (QED) is 0.856. The van der Waals surface area contributed by atoms with Gasteiger partial charge in [0.15, 0.2) is 0 Å². The van der Waals surface area contributed by atoms with Crippen LogP contribution in [0.15, 0.2) is 48.5 Å². The Morgan fingerprint density at radius 2 is 1.92 bits per heavy atom. The Bertz CT molecular complexity index is 786. The van der Waals surface area contributed by atoms with Crippen LogP contribution in [0.1, 0.15) is 15.9 Å². The van der Waals surface area contributed by atoms with Gasteiger partial charge in [-0.05, 0) is 29.8 Å². The summed E-state index contributed by atoms with van der Waals surface area (Å²) in [6.07, 6.45) is 0. The maximum atomic E-state index is 12.6. The third kappa shape index (κ3) is 4.29. The molecule has 1 atom stereocenters. The summed E-state index contributed by atoms with van der Waals surface area (Å²) in [6, 6.07) is 13.7. The van der Waals surface area contributed by atoms with Crippen LogP contribution < -0.4 is 5.32 Å². The maximum absolute atomic E-state index is 12.6. The fraction of sp³-hybridized carbons (Fsp3) is 0.222. The highest BCUT2D eigenvalue weighted by Gasteiger charge is 2.34. The molecule has 130 valence electrons. The molecule has 0 aromatic heterocycles. The van der Waals surface area contributed by atoms with Gasteiger partial charge in [-0.3, -0.25) is 9.59 Å². The van der Waals surface area contributed by atoms with Gasteiger partial charge in [-0.25, -0.2) is 0 Å². The van der Waals surface area contributed by atoms with Crippen LogP contribution in [-0.4, -0.2) is 34.4 Å². The third-order valence-corrected chi connectivity index (χ3v) is 5.53. The van der Waals surface area contributed by atoms with E-state index < -0.39 is 6.04 Å². The molecule has 3 rings (SSSR count). The van der Waals surface area contributed by atoms with Crippen LogP contribution in [0, 0.1) is 0 Å². The number of hydrogen-bond acceptors (Lipinski definition) is 3. The van der Waals surface area contributed by atoms with E-state index >= 15 is 0 Å². The molecular weight excluding hydrogens is 379 g/mol. The van der Waals surface area contributed by atoms with E-state index in [0.29, 0.717) is 33.8 Å². The Morgan fingerprint density at radius 1 is 1.16 bits per heavy atom. The van der Waals surface area contributed by atoms with Crippen molar-refractivity contribution in [1.82, 2.24) is 10.2 Å². The van der Waals surface area contributed by atoms with Gasteiger partial charge < -0.3 is 10.2 Å². The summed E-state index contributed by atoms with van der Waals surface area (Å²) in [6.45, 7) is 0.295. The van der Waals surface area contributed by atoms with Crippen LogP contribution in [0.5, 0.6) is 0 Å². The van der Waals surface area contributed by atoms with Crippen molar-refractivity contribution in [3.05, 3.63) is 69.7 Å². The second-order valence-corrected chi connectivity index (χ2v) is 7.45. The van der Waals surface area contributed by atoms with Gasteiger partial charge in [0.05, 0.1) is 5.88 Å². The molecule has 0 radical (unpaired) electrons. The first kappa shape index (κ1) is 18.1. The number of rotatable bonds is 4. The molecule has 1 saturated heterocycles. The summed E-state index contributed by atoms with van der Waals surface area (Å²) in [5.41, 5.74) is 1.37. The Hall–Kier alpha value is -1.69. The minimum Gasteiger partial charge on any atom is -0.350 e. The van der Waals surface area contributed by atoms with Gasteiger partial charge in [0, 0.05) is 27.9 Å². The fourth-order valence-electron chi connectivity index (χ4n) is 2.57. The van der Waals surface area contributed by atoms with E-state index in [0.717, 1.165) is 5.56 Å². The minimum atomic E-state index is -0.483. The van der Waals surface area contributed by atoms with E-state index in [9.17, 15) is 9.59 Å². The van der Waals surface area contributed by atoms with Gasteiger partial charge in [0.2, 0.25) is 5.91 Å². The Morgan fingerprint density at radius 3 is 2.64 bits per heavy atom. The molecule has 4 nitrogen and oxygen atoms in total. The lowest BCUT2D eigenvalue weighted by Gasteiger charge is -2.23. The molecule has 2 aromatic rings. The molecule has 1 aliphatic heterocycles. The molecule has 0 spiro atoms. The van der Waals surface area contributed by atoms with Crippen molar-refractivity contribution < 1.29 is 9.59 Å². The highest BCUT2D eigenvalue weighted by Crippen LogP contribution is 2.24. The second kappa shape index (κ2) is 8.13. The first-order valence-corrected chi connectivity index (χ1v) is 9.62. The molecular formula is C18H16Cl2N2O2S. The van der Waals surface area contributed by atoms with Crippen LogP contribution in [-0.2, 0) is 11.3 Å². The maximum Gasteiger partial charge on any atom is 0.255 e. The molecule has 0 bridgehead atoms. The van der Waals surface area contributed by atoms with E-state index in [4.69, 9.17) is 23.2 Å². The van der Waals surface area contributed by atoms with Crippen molar-refractivity contribution in [2.45, 2.75) is 12.6 Å². The standard InChI is InChI=1S/C18H16Cl2N2O2S/c19-14-7-6-13(15(20)8-14)9-21-17(23)16-10-25-11-22(16)18(24)12-4-2-1-3-5-12/h1-8,16H,9-11H2,(H,21,23)/t16-/m0/s1. The molecule has 2 amide bonds. The van der Waals surface area contributed by atoms with Crippen LogP contribution in [0.2, 0.25) is 10.0 Å². The lowest BCUT2D eigenvalue weighted by molar-refractivity contribution is -0.124. The number of halogens is 2. The van der Waals surface area contributed by atoms with E-state index in [1.54, 1.807) is 47.0 Å². The van der Waals surface area contributed by atoms with Crippen LogP contribution in [0.4, 0.5) is 0 Å². The van der Waals surface area contributed by atoms with Crippen molar-refractivity contribution in [3.8, 4) is 0 Å². The Balaban J connectivity index is 1.65. The number of hydrogen-bond donors (Lipinski definition) is 1. The van der Waals surface area contributed by atoms with E-state index in [1.165, 1.54) is 0 Å². The Kier molecular flexibility index (Phi) is 5.89. The van der Waals surface area contributed by atoms with E-state index in [1.807, 2.05) is 18.2 Å². The topological polar surface area (TPSA) is 49.4 Å². The van der Waals surface area contributed by atoms with Gasteiger partial charge in [-0.2, -0.15) is 0 Å². The number of carbonyl (C=O) groups excluding carboxylic acids is 2. The highest BCUT2D eigenvalue weighted by atomic mass is 35.5. The molecule has 0 unspecified atom stereocenters. The number of carbonyl (C=O) groups is 2. The monoisotopic (exact) mass is 394 g/mol. The first-order valence-electron chi connectivity index (χ1n) is 7.71. The van der Waals surface area contributed by atoms with Gasteiger partial charge in [0.1, 0.15) is 6.04 Å². The highest BCUT2D eigenvalue weighted by molar-refractivity contribution is 7.99. The minimum absolute atomic E-state index is 0.129. The van der Waals surface area contributed by atoms with Crippen LogP contribution >= 0.6 is 35.0 Å². The number of thioether (sulfide) groups is 1. The molecule has 1 fully saturated rings. The summed E-state index contributed by atoms with van der Waals surface area (Å²) in [4.78, 5) is 26.8. The van der Waals surface area contributed by atoms with Gasteiger partial charge in [-0.1, -0.05) is 47.5 Å². The molecule has 25 heavy (non-hydrogen) atoms. The van der Waals surface area contributed by atoms with Crippen LogP contribution in [0.25, 0.3) is 0 Å². The molecule has 2 aromatic carbocycles. The lowest BCUT2D eigenvalue weighted by Crippen LogP contribution is -2.47. The number of nitrogens with one attached hydrogen (secondary N) is 1. The average molecular weight is 395 g/mol. The van der Waals surface area contributed by atoms with E-state index in [-0.39, 0.29) is 11.8 Å². The Labute approximate surface area is 160 Å². The van der Waals surface area contributed by atoms with Crippen molar-refractivity contribution in [2.75, 3.05) is 11.6 Å². The first-order chi connectivity index (χ1) is 12.1. The van der Waals surface area contributed by atoms with Crippen LogP contribution in [0.3, 0.4) is 0 Å². The van der Waals surface area contributed by atoms with Crippen molar-refractivity contribution in [1.29, 1.82) is 0 Å². The van der Waals surface area contributed by atoms with Gasteiger partial charge >= 0.3 is 0 Å². The summed E-state index contributed by atoms with van der Waals surface area (Å²) >= 11 is 13.6. The molecule has 1 N–H and O–H groups in total. The zero-order chi connectivity index (χ0) is 17.8. The van der Waals surface area contributed by atoms with Gasteiger partial charge in [0.25, 0.3) is 5.91 Å². The third-order valence-electron chi connectivity index (χ3n) is 3.93. The largest absolute Gasteiger partial charge is 0.350 e. The number of nitrogens with zero attached hydrogens (tertiary/aromatic N) is 1. The SMILES string of the molecule is O=C(NCc1ccc(Cl)cc1Cl)[C@@H]1CSCN1C(=O)c1ccccc1. The summed E-state index contributed by atoms with van der Waals surface area (Å²) < 4.78 is 0. The molecule has 0 saturated carbocycles. The smallest absolute Gasteiger partial charge is 0.255 e. The fourth-order valence-corrected chi connectivity index (χ4v) is 4.20. The lowest BCUT2D eigenvalue weighted by atomic mass is 10.1. The summed E-state index contributed by atoms with van der Waals surface area (Å²) in [5.74, 6) is 0.780. The second-order valence-electron chi connectivity index (χ2n) is 5.61. The normalized spacial score (nSPS) is 16.7. The number of benzene rings is 2. The van der Waals surface area contributed by atoms with E-state index in [2.05, 4.69) is 5.32 Å². The van der Waals surface area contributed by atoms with Crippen molar-refractivity contribution >= 4 is 46.8 Å². The number of amides is 2. The molecule has 7 heteroatoms. The molecule has 1 aliphatic rings.